The van der Waals surface area contributed by atoms with E-state index in [9.17, 15) is 9.59 Å². The highest BCUT2D eigenvalue weighted by atomic mass is 35.5. The van der Waals surface area contributed by atoms with Crippen molar-refractivity contribution in [2.24, 2.45) is 5.73 Å². The average Bonchev–Trinajstić information content (AvgIpc) is 2.40. The first-order chi connectivity index (χ1) is 9.54. The fourth-order valence-electron chi connectivity index (χ4n) is 1.90. The van der Waals surface area contributed by atoms with Gasteiger partial charge in [0.2, 0.25) is 11.8 Å². The molecule has 21 heavy (non-hydrogen) atoms. The van der Waals surface area contributed by atoms with E-state index in [4.69, 9.17) is 5.73 Å². The van der Waals surface area contributed by atoms with E-state index in [2.05, 4.69) is 10.6 Å². The van der Waals surface area contributed by atoms with Crippen molar-refractivity contribution < 1.29 is 9.59 Å². The van der Waals surface area contributed by atoms with E-state index >= 15 is 0 Å². The SMILES string of the molecule is CC(C)NC(=O)CCNC(=O)C(CN)c1ccccc1.Cl. The molecule has 0 spiro atoms. The predicted molar refractivity (Wildman–Crippen MR) is 86.4 cm³/mol. The fraction of sp³-hybridized carbons (Fsp3) is 0.467. The van der Waals surface area contributed by atoms with Gasteiger partial charge in [-0.25, -0.2) is 0 Å². The third-order valence-corrected chi connectivity index (χ3v) is 2.86. The van der Waals surface area contributed by atoms with Gasteiger partial charge in [-0.2, -0.15) is 0 Å². The van der Waals surface area contributed by atoms with Crippen molar-refractivity contribution >= 4 is 24.2 Å². The van der Waals surface area contributed by atoms with Gasteiger partial charge in [0.05, 0.1) is 5.92 Å². The molecule has 2 amide bonds. The molecule has 1 rings (SSSR count). The van der Waals surface area contributed by atoms with Crippen LogP contribution >= 0.6 is 12.4 Å². The van der Waals surface area contributed by atoms with Crippen molar-refractivity contribution in [2.75, 3.05) is 13.1 Å². The molecule has 0 fully saturated rings. The highest BCUT2D eigenvalue weighted by Gasteiger charge is 2.18. The summed E-state index contributed by atoms with van der Waals surface area (Å²) in [4.78, 5) is 23.5. The van der Waals surface area contributed by atoms with E-state index in [0.29, 0.717) is 6.54 Å². The van der Waals surface area contributed by atoms with Crippen LogP contribution in [0.15, 0.2) is 30.3 Å². The van der Waals surface area contributed by atoms with Gasteiger partial charge in [0, 0.05) is 25.6 Å². The Hall–Kier alpha value is -1.59. The molecule has 0 aliphatic carbocycles. The van der Waals surface area contributed by atoms with Crippen LogP contribution in [0.3, 0.4) is 0 Å². The summed E-state index contributed by atoms with van der Waals surface area (Å²) in [5, 5.41) is 5.53. The predicted octanol–water partition coefficient (Wildman–Crippen LogP) is 1.18. The summed E-state index contributed by atoms with van der Waals surface area (Å²) >= 11 is 0. The number of nitrogens with two attached hydrogens (primary N) is 1. The Bertz CT molecular complexity index is 438. The molecule has 1 unspecified atom stereocenters. The second-order valence-corrected chi connectivity index (χ2v) is 4.96. The maximum absolute atomic E-state index is 12.1. The van der Waals surface area contributed by atoms with Gasteiger partial charge in [-0.3, -0.25) is 9.59 Å². The summed E-state index contributed by atoms with van der Waals surface area (Å²) in [5.74, 6) is -0.579. The van der Waals surface area contributed by atoms with Crippen LogP contribution in [-0.2, 0) is 9.59 Å². The molecule has 6 heteroatoms. The number of rotatable bonds is 7. The summed E-state index contributed by atoms with van der Waals surface area (Å²) in [6, 6.07) is 9.51. The average molecular weight is 314 g/mol. The Morgan fingerprint density at radius 1 is 1.19 bits per heavy atom. The molecule has 0 aliphatic rings. The third kappa shape index (κ3) is 7.11. The summed E-state index contributed by atoms with van der Waals surface area (Å²) < 4.78 is 0. The molecule has 0 aromatic heterocycles. The molecule has 0 aliphatic heterocycles. The molecule has 1 aromatic rings. The maximum atomic E-state index is 12.1. The lowest BCUT2D eigenvalue weighted by Crippen LogP contribution is -2.37. The van der Waals surface area contributed by atoms with E-state index in [1.807, 2.05) is 44.2 Å². The molecule has 1 atom stereocenters. The number of benzene rings is 1. The highest BCUT2D eigenvalue weighted by Crippen LogP contribution is 2.13. The molecule has 0 heterocycles. The Balaban J connectivity index is 0.00000400. The zero-order chi connectivity index (χ0) is 15.0. The van der Waals surface area contributed by atoms with Crippen molar-refractivity contribution in [2.45, 2.75) is 32.2 Å². The summed E-state index contributed by atoms with van der Waals surface area (Å²) in [7, 11) is 0. The van der Waals surface area contributed by atoms with Crippen LogP contribution in [0.4, 0.5) is 0 Å². The molecule has 0 saturated heterocycles. The number of nitrogens with one attached hydrogen (secondary N) is 2. The minimum Gasteiger partial charge on any atom is -0.355 e. The van der Waals surface area contributed by atoms with Crippen LogP contribution in [0.1, 0.15) is 31.7 Å². The van der Waals surface area contributed by atoms with E-state index in [1.54, 1.807) is 0 Å². The lowest BCUT2D eigenvalue weighted by molar-refractivity contribution is -0.123. The zero-order valence-electron chi connectivity index (χ0n) is 12.5. The molecule has 5 nitrogen and oxygen atoms in total. The van der Waals surface area contributed by atoms with Gasteiger partial charge in [0.25, 0.3) is 0 Å². The van der Waals surface area contributed by atoms with E-state index in [0.717, 1.165) is 5.56 Å². The second-order valence-electron chi connectivity index (χ2n) is 4.96. The molecular formula is C15H24ClN3O2. The first-order valence-corrected chi connectivity index (χ1v) is 6.86. The van der Waals surface area contributed by atoms with Crippen LogP contribution in [0.2, 0.25) is 0 Å². The number of halogens is 1. The van der Waals surface area contributed by atoms with Gasteiger partial charge in [0.1, 0.15) is 0 Å². The molecule has 0 bridgehead atoms. The van der Waals surface area contributed by atoms with Gasteiger partial charge in [-0.1, -0.05) is 30.3 Å². The maximum Gasteiger partial charge on any atom is 0.228 e. The van der Waals surface area contributed by atoms with Crippen molar-refractivity contribution in [3.63, 3.8) is 0 Å². The minimum absolute atomic E-state index is 0. The first-order valence-electron chi connectivity index (χ1n) is 6.86. The quantitative estimate of drug-likeness (QED) is 0.707. The smallest absolute Gasteiger partial charge is 0.228 e. The van der Waals surface area contributed by atoms with Crippen LogP contribution in [-0.4, -0.2) is 30.9 Å². The van der Waals surface area contributed by atoms with Crippen molar-refractivity contribution in [3.8, 4) is 0 Å². The second kappa shape index (κ2) is 10.2. The molecule has 0 radical (unpaired) electrons. The number of amides is 2. The lowest BCUT2D eigenvalue weighted by atomic mass is 9.98. The lowest BCUT2D eigenvalue weighted by Gasteiger charge is -2.15. The van der Waals surface area contributed by atoms with E-state index < -0.39 is 0 Å². The number of carbonyl (C=O) groups is 2. The summed E-state index contributed by atoms with van der Waals surface area (Å²) in [6.45, 7) is 4.36. The molecule has 118 valence electrons. The zero-order valence-corrected chi connectivity index (χ0v) is 13.3. The van der Waals surface area contributed by atoms with Crippen LogP contribution in [0.25, 0.3) is 0 Å². The van der Waals surface area contributed by atoms with E-state index in [1.165, 1.54) is 0 Å². The van der Waals surface area contributed by atoms with Crippen molar-refractivity contribution in [1.82, 2.24) is 10.6 Å². The summed E-state index contributed by atoms with van der Waals surface area (Å²) in [6.07, 6.45) is 0.274. The monoisotopic (exact) mass is 313 g/mol. The molecule has 4 N–H and O–H groups in total. The molecular weight excluding hydrogens is 290 g/mol. The van der Waals surface area contributed by atoms with Crippen molar-refractivity contribution in [1.29, 1.82) is 0 Å². The Kier molecular flexibility index (Phi) is 9.41. The Morgan fingerprint density at radius 2 is 1.81 bits per heavy atom. The van der Waals surface area contributed by atoms with Gasteiger partial charge in [0.15, 0.2) is 0 Å². The normalized spacial score (nSPS) is 11.4. The molecule has 0 saturated carbocycles. The van der Waals surface area contributed by atoms with Crippen molar-refractivity contribution in [3.05, 3.63) is 35.9 Å². The van der Waals surface area contributed by atoms with E-state index in [-0.39, 0.29) is 49.1 Å². The van der Waals surface area contributed by atoms with Crippen LogP contribution < -0.4 is 16.4 Å². The molecule has 1 aromatic carbocycles. The topological polar surface area (TPSA) is 84.2 Å². The standard InChI is InChI=1S/C15H23N3O2.ClH/c1-11(2)18-14(19)8-9-17-15(20)13(10-16)12-6-4-3-5-7-12;/h3-7,11,13H,8-10,16H2,1-2H3,(H,17,20)(H,18,19);1H. The van der Waals surface area contributed by atoms with Gasteiger partial charge in [-0.05, 0) is 19.4 Å². The number of hydrogen-bond acceptors (Lipinski definition) is 3. The van der Waals surface area contributed by atoms with Crippen LogP contribution in [0.5, 0.6) is 0 Å². The van der Waals surface area contributed by atoms with Gasteiger partial charge in [-0.15, -0.1) is 12.4 Å². The third-order valence-electron chi connectivity index (χ3n) is 2.86. The highest BCUT2D eigenvalue weighted by molar-refractivity contribution is 5.85. The van der Waals surface area contributed by atoms with Crippen LogP contribution in [0, 0.1) is 0 Å². The number of carbonyl (C=O) groups excluding carboxylic acids is 2. The fourth-order valence-corrected chi connectivity index (χ4v) is 1.90. The minimum atomic E-state index is -0.371. The van der Waals surface area contributed by atoms with Gasteiger partial charge < -0.3 is 16.4 Å². The largest absolute Gasteiger partial charge is 0.355 e. The number of hydrogen-bond donors (Lipinski definition) is 3. The summed E-state index contributed by atoms with van der Waals surface area (Å²) in [5.41, 5.74) is 6.55. The Morgan fingerprint density at radius 3 is 2.33 bits per heavy atom. The Labute approximate surface area is 132 Å². The first kappa shape index (κ1) is 19.4. The van der Waals surface area contributed by atoms with Gasteiger partial charge >= 0.3 is 0 Å².